The summed E-state index contributed by atoms with van der Waals surface area (Å²) >= 11 is 0. The average Bonchev–Trinajstić information content (AvgIpc) is 2.38. The molecule has 2 amide bonds. The number of carbonyl (C=O) groups excluding carboxylic acids is 1. The van der Waals surface area contributed by atoms with Gasteiger partial charge in [-0.05, 0) is 32.0 Å². The molecule has 5 nitrogen and oxygen atoms in total. The molecule has 5 heteroatoms. The summed E-state index contributed by atoms with van der Waals surface area (Å²) < 4.78 is 0. The van der Waals surface area contributed by atoms with Crippen molar-refractivity contribution < 1.29 is 4.79 Å². The zero-order chi connectivity index (χ0) is 13.8. The third kappa shape index (κ3) is 3.07. The fourth-order valence-corrected chi connectivity index (χ4v) is 1.65. The van der Waals surface area contributed by atoms with E-state index in [9.17, 15) is 4.79 Å². The predicted octanol–water partition coefficient (Wildman–Crippen LogP) is 2.55. The first-order valence-corrected chi connectivity index (χ1v) is 6.01. The van der Waals surface area contributed by atoms with Gasteiger partial charge < -0.3 is 10.6 Å². The van der Waals surface area contributed by atoms with Crippen molar-refractivity contribution in [3.05, 3.63) is 42.2 Å². The van der Waals surface area contributed by atoms with Crippen molar-refractivity contribution in [1.29, 1.82) is 0 Å². The van der Waals surface area contributed by atoms with Crippen molar-refractivity contribution in [1.82, 2.24) is 15.3 Å². The Morgan fingerprint density at radius 3 is 2.63 bits per heavy atom. The fourth-order valence-electron chi connectivity index (χ4n) is 1.65. The van der Waals surface area contributed by atoms with Crippen LogP contribution in [0, 0.1) is 13.8 Å². The Balaban J connectivity index is 2.24. The number of hydrogen-bond donors (Lipinski definition) is 2. The zero-order valence-electron chi connectivity index (χ0n) is 11.0. The van der Waals surface area contributed by atoms with Gasteiger partial charge in [-0.2, -0.15) is 0 Å². The van der Waals surface area contributed by atoms with Crippen LogP contribution in [-0.2, 0) is 0 Å². The van der Waals surface area contributed by atoms with Crippen molar-refractivity contribution in [2.24, 2.45) is 0 Å². The number of nitrogens with one attached hydrogen (secondary N) is 2. The molecule has 0 bridgehead atoms. The molecule has 0 saturated carbocycles. The van der Waals surface area contributed by atoms with Gasteiger partial charge in [0.15, 0.2) is 0 Å². The van der Waals surface area contributed by atoms with Crippen LogP contribution in [0.15, 0.2) is 30.9 Å². The number of rotatable bonds is 3. The topological polar surface area (TPSA) is 66.9 Å². The number of benzene rings is 1. The second-order valence-electron chi connectivity index (χ2n) is 4.22. The SMILES string of the molecule is C=CCNC(=O)Nc1ccc2nc(C)c(C)nc2c1. The number of urea groups is 1. The van der Waals surface area contributed by atoms with Crippen molar-refractivity contribution >= 4 is 22.8 Å². The second kappa shape index (κ2) is 5.48. The van der Waals surface area contributed by atoms with E-state index in [1.807, 2.05) is 26.0 Å². The van der Waals surface area contributed by atoms with E-state index >= 15 is 0 Å². The maximum atomic E-state index is 11.5. The lowest BCUT2D eigenvalue weighted by Gasteiger charge is -2.07. The first-order valence-electron chi connectivity index (χ1n) is 6.01. The number of aryl methyl sites for hydroxylation is 2. The van der Waals surface area contributed by atoms with Gasteiger partial charge in [-0.3, -0.25) is 0 Å². The molecule has 0 aliphatic heterocycles. The van der Waals surface area contributed by atoms with E-state index < -0.39 is 0 Å². The highest BCUT2D eigenvalue weighted by Gasteiger charge is 2.04. The zero-order valence-corrected chi connectivity index (χ0v) is 11.0. The third-order valence-electron chi connectivity index (χ3n) is 2.74. The van der Waals surface area contributed by atoms with E-state index in [-0.39, 0.29) is 6.03 Å². The number of aromatic nitrogens is 2. The van der Waals surface area contributed by atoms with Gasteiger partial charge in [0.25, 0.3) is 0 Å². The predicted molar refractivity (Wildman–Crippen MR) is 76.2 cm³/mol. The van der Waals surface area contributed by atoms with Crippen LogP contribution in [0.4, 0.5) is 10.5 Å². The van der Waals surface area contributed by atoms with Crippen LogP contribution in [-0.4, -0.2) is 22.5 Å². The lowest BCUT2D eigenvalue weighted by Crippen LogP contribution is -2.28. The standard InChI is InChI=1S/C14H16N4O/c1-4-7-15-14(19)18-11-5-6-12-13(8-11)17-10(3)9(2)16-12/h4-6,8H,1,7H2,2-3H3,(H2,15,18,19). The molecule has 2 aromatic rings. The van der Waals surface area contributed by atoms with Crippen LogP contribution in [0.2, 0.25) is 0 Å². The van der Waals surface area contributed by atoms with Crippen LogP contribution in [0.25, 0.3) is 11.0 Å². The van der Waals surface area contributed by atoms with Gasteiger partial charge in [-0.15, -0.1) is 6.58 Å². The van der Waals surface area contributed by atoms with E-state index in [2.05, 4.69) is 27.2 Å². The van der Waals surface area contributed by atoms with Crippen molar-refractivity contribution in [2.75, 3.05) is 11.9 Å². The van der Waals surface area contributed by atoms with Gasteiger partial charge >= 0.3 is 6.03 Å². The second-order valence-corrected chi connectivity index (χ2v) is 4.22. The first-order chi connectivity index (χ1) is 9.10. The third-order valence-corrected chi connectivity index (χ3v) is 2.74. The first kappa shape index (κ1) is 13.0. The fraction of sp³-hybridized carbons (Fsp3) is 0.214. The molecule has 0 unspecified atom stereocenters. The van der Waals surface area contributed by atoms with E-state index in [0.29, 0.717) is 12.2 Å². The molecule has 19 heavy (non-hydrogen) atoms. The Bertz CT molecular complexity index is 637. The summed E-state index contributed by atoms with van der Waals surface area (Å²) in [4.78, 5) is 20.4. The molecule has 1 aromatic carbocycles. The molecular weight excluding hydrogens is 240 g/mol. The number of anilines is 1. The van der Waals surface area contributed by atoms with Gasteiger partial charge in [0.05, 0.1) is 22.4 Å². The highest BCUT2D eigenvalue weighted by molar-refractivity contribution is 5.91. The van der Waals surface area contributed by atoms with E-state index in [1.165, 1.54) is 0 Å². The number of hydrogen-bond acceptors (Lipinski definition) is 3. The van der Waals surface area contributed by atoms with Gasteiger partial charge in [0, 0.05) is 12.2 Å². The summed E-state index contributed by atoms with van der Waals surface area (Å²) in [6, 6.07) is 5.19. The molecule has 0 radical (unpaired) electrons. The maximum absolute atomic E-state index is 11.5. The van der Waals surface area contributed by atoms with E-state index in [1.54, 1.807) is 12.1 Å². The minimum Gasteiger partial charge on any atom is -0.334 e. The highest BCUT2D eigenvalue weighted by atomic mass is 16.2. The Kier molecular flexibility index (Phi) is 3.75. The summed E-state index contributed by atoms with van der Waals surface area (Å²) in [5.74, 6) is 0. The maximum Gasteiger partial charge on any atom is 0.319 e. The number of amides is 2. The molecule has 0 spiro atoms. The summed E-state index contributed by atoms with van der Waals surface area (Å²) in [5, 5.41) is 5.38. The normalized spacial score (nSPS) is 10.2. The molecule has 1 aromatic heterocycles. The summed E-state index contributed by atoms with van der Waals surface area (Å²) in [6.45, 7) is 7.81. The van der Waals surface area contributed by atoms with Crippen LogP contribution >= 0.6 is 0 Å². The minimum atomic E-state index is -0.268. The van der Waals surface area contributed by atoms with Crippen LogP contribution in [0.5, 0.6) is 0 Å². The highest BCUT2D eigenvalue weighted by Crippen LogP contribution is 2.17. The Morgan fingerprint density at radius 2 is 1.95 bits per heavy atom. The summed E-state index contributed by atoms with van der Waals surface area (Å²) in [5.41, 5.74) is 4.08. The summed E-state index contributed by atoms with van der Waals surface area (Å²) in [6.07, 6.45) is 1.62. The number of fused-ring (bicyclic) bond motifs is 1. The lowest BCUT2D eigenvalue weighted by molar-refractivity contribution is 0.253. The quantitative estimate of drug-likeness (QED) is 0.829. The van der Waals surface area contributed by atoms with Gasteiger partial charge in [0.1, 0.15) is 0 Å². The number of nitrogens with zero attached hydrogens (tertiary/aromatic N) is 2. The molecular formula is C14H16N4O. The number of carbonyl (C=O) groups is 1. The monoisotopic (exact) mass is 256 g/mol. The van der Waals surface area contributed by atoms with E-state index in [4.69, 9.17) is 0 Å². The molecule has 0 aliphatic carbocycles. The molecule has 98 valence electrons. The lowest BCUT2D eigenvalue weighted by atomic mass is 10.2. The Labute approximate surface area is 111 Å². The molecule has 1 heterocycles. The Hall–Kier alpha value is -2.43. The largest absolute Gasteiger partial charge is 0.334 e. The van der Waals surface area contributed by atoms with Crippen molar-refractivity contribution in [3.8, 4) is 0 Å². The molecule has 0 atom stereocenters. The molecule has 0 aliphatic rings. The Morgan fingerprint density at radius 1 is 1.26 bits per heavy atom. The van der Waals surface area contributed by atoms with E-state index in [0.717, 1.165) is 22.4 Å². The van der Waals surface area contributed by atoms with Crippen molar-refractivity contribution in [2.45, 2.75) is 13.8 Å². The molecule has 2 N–H and O–H groups in total. The van der Waals surface area contributed by atoms with Gasteiger partial charge in [-0.25, -0.2) is 14.8 Å². The molecule has 0 fully saturated rings. The minimum absolute atomic E-state index is 0.268. The van der Waals surface area contributed by atoms with Gasteiger partial charge in [-0.1, -0.05) is 6.08 Å². The summed E-state index contributed by atoms with van der Waals surface area (Å²) in [7, 11) is 0. The van der Waals surface area contributed by atoms with Gasteiger partial charge in [0.2, 0.25) is 0 Å². The average molecular weight is 256 g/mol. The molecule has 2 rings (SSSR count). The molecule has 0 saturated heterocycles. The van der Waals surface area contributed by atoms with Crippen molar-refractivity contribution in [3.63, 3.8) is 0 Å². The van der Waals surface area contributed by atoms with Crippen LogP contribution < -0.4 is 10.6 Å². The van der Waals surface area contributed by atoms with Crippen LogP contribution in [0.1, 0.15) is 11.4 Å². The van der Waals surface area contributed by atoms with Crippen LogP contribution in [0.3, 0.4) is 0 Å². The smallest absolute Gasteiger partial charge is 0.319 e.